The van der Waals surface area contributed by atoms with E-state index in [1.807, 2.05) is 0 Å². The Morgan fingerprint density at radius 2 is 1.94 bits per heavy atom. The Morgan fingerprint density at radius 3 is 2.56 bits per heavy atom. The molecule has 2 nitrogen and oxygen atoms in total. The number of piperidine rings is 1. The third-order valence-electron chi connectivity index (χ3n) is 4.09. The molecule has 1 aromatic carbocycles. The van der Waals surface area contributed by atoms with Crippen molar-refractivity contribution in [3.8, 4) is 0 Å². The van der Waals surface area contributed by atoms with Crippen molar-refractivity contribution in [2.45, 2.75) is 52.6 Å². The van der Waals surface area contributed by atoms with E-state index in [0.717, 1.165) is 19.5 Å². The number of hydrogen-bond acceptors (Lipinski definition) is 2. The third kappa shape index (κ3) is 2.81. The SMILES string of the molecule is CC(=O)C1CCCCN1Cc1c(C)cccc1C. The van der Waals surface area contributed by atoms with E-state index in [1.54, 1.807) is 6.92 Å². The Kier molecular flexibility index (Phi) is 4.18. The molecular weight excluding hydrogens is 222 g/mol. The van der Waals surface area contributed by atoms with Crippen molar-refractivity contribution >= 4 is 5.78 Å². The molecule has 0 bridgehead atoms. The van der Waals surface area contributed by atoms with Crippen LogP contribution in [0.4, 0.5) is 0 Å². The number of carbonyl (C=O) groups excluding carboxylic acids is 1. The van der Waals surface area contributed by atoms with Gasteiger partial charge in [0.05, 0.1) is 6.04 Å². The van der Waals surface area contributed by atoms with E-state index >= 15 is 0 Å². The van der Waals surface area contributed by atoms with Crippen LogP contribution in [0.2, 0.25) is 0 Å². The average molecular weight is 245 g/mol. The molecule has 2 heteroatoms. The summed E-state index contributed by atoms with van der Waals surface area (Å²) < 4.78 is 0. The number of rotatable bonds is 3. The van der Waals surface area contributed by atoms with Crippen molar-refractivity contribution in [3.63, 3.8) is 0 Å². The summed E-state index contributed by atoms with van der Waals surface area (Å²) in [4.78, 5) is 14.1. The molecule has 0 saturated carbocycles. The number of benzene rings is 1. The average Bonchev–Trinajstić information content (AvgIpc) is 2.34. The number of carbonyl (C=O) groups is 1. The van der Waals surface area contributed by atoms with E-state index in [-0.39, 0.29) is 6.04 Å². The molecule has 0 spiro atoms. The van der Waals surface area contributed by atoms with Crippen molar-refractivity contribution in [1.29, 1.82) is 0 Å². The first-order valence-corrected chi connectivity index (χ1v) is 6.89. The van der Waals surface area contributed by atoms with Gasteiger partial charge in [-0.1, -0.05) is 24.6 Å². The summed E-state index contributed by atoms with van der Waals surface area (Å²) in [6.07, 6.45) is 3.43. The molecule has 0 radical (unpaired) electrons. The van der Waals surface area contributed by atoms with Crippen molar-refractivity contribution in [1.82, 2.24) is 4.90 Å². The second kappa shape index (κ2) is 5.66. The zero-order chi connectivity index (χ0) is 13.1. The topological polar surface area (TPSA) is 20.3 Å². The second-order valence-corrected chi connectivity index (χ2v) is 5.46. The summed E-state index contributed by atoms with van der Waals surface area (Å²) in [5.41, 5.74) is 4.07. The number of likely N-dealkylation sites (tertiary alicyclic amines) is 1. The largest absolute Gasteiger partial charge is 0.298 e. The Balaban J connectivity index is 2.18. The number of hydrogen-bond donors (Lipinski definition) is 0. The number of Topliss-reactive ketones (excluding diaryl/α,β-unsaturated/α-hetero) is 1. The van der Waals surface area contributed by atoms with Gasteiger partial charge in [0.15, 0.2) is 0 Å². The first kappa shape index (κ1) is 13.3. The zero-order valence-electron chi connectivity index (χ0n) is 11.7. The van der Waals surface area contributed by atoms with Gasteiger partial charge in [0.25, 0.3) is 0 Å². The molecule has 1 saturated heterocycles. The van der Waals surface area contributed by atoms with Crippen molar-refractivity contribution in [2.75, 3.05) is 6.54 Å². The summed E-state index contributed by atoms with van der Waals surface area (Å²) in [5.74, 6) is 0.320. The molecule has 1 fully saturated rings. The van der Waals surface area contributed by atoms with Crippen LogP contribution in [0.5, 0.6) is 0 Å². The van der Waals surface area contributed by atoms with Gasteiger partial charge >= 0.3 is 0 Å². The highest BCUT2D eigenvalue weighted by Crippen LogP contribution is 2.23. The summed E-state index contributed by atoms with van der Waals surface area (Å²) >= 11 is 0. The maximum absolute atomic E-state index is 11.7. The molecule has 1 heterocycles. The minimum Gasteiger partial charge on any atom is -0.298 e. The molecule has 0 aromatic heterocycles. The van der Waals surface area contributed by atoms with Crippen LogP contribution < -0.4 is 0 Å². The van der Waals surface area contributed by atoms with Crippen molar-refractivity contribution in [2.24, 2.45) is 0 Å². The van der Waals surface area contributed by atoms with Gasteiger partial charge in [-0.3, -0.25) is 9.69 Å². The summed E-state index contributed by atoms with van der Waals surface area (Å²) in [6.45, 7) is 8.03. The fourth-order valence-electron chi connectivity index (χ4n) is 2.94. The van der Waals surface area contributed by atoms with E-state index < -0.39 is 0 Å². The summed E-state index contributed by atoms with van der Waals surface area (Å²) in [6, 6.07) is 6.56. The maximum Gasteiger partial charge on any atom is 0.146 e. The van der Waals surface area contributed by atoms with Gasteiger partial charge in [0, 0.05) is 6.54 Å². The molecule has 1 aliphatic rings. The van der Waals surface area contributed by atoms with Crippen LogP contribution in [0.3, 0.4) is 0 Å². The van der Waals surface area contributed by atoms with Gasteiger partial charge in [0.1, 0.15) is 5.78 Å². The van der Waals surface area contributed by atoms with Gasteiger partial charge in [-0.05, 0) is 56.8 Å². The standard InChI is InChI=1S/C16H23NO/c1-12-7-6-8-13(2)15(12)11-17-10-5-4-9-16(17)14(3)18/h6-8,16H,4-5,9-11H2,1-3H3. The van der Waals surface area contributed by atoms with Crippen LogP contribution in [-0.2, 0) is 11.3 Å². The van der Waals surface area contributed by atoms with Crippen LogP contribution in [0.15, 0.2) is 18.2 Å². The Labute approximate surface area is 110 Å². The highest BCUT2D eigenvalue weighted by atomic mass is 16.1. The first-order valence-electron chi connectivity index (χ1n) is 6.89. The molecule has 18 heavy (non-hydrogen) atoms. The van der Waals surface area contributed by atoms with E-state index in [0.29, 0.717) is 5.78 Å². The fraction of sp³-hybridized carbons (Fsp3) is 0.562. The lowest BCUT2D eigenvalue weighted by Crippen LogP contribution is -2.43. The molecule has 0 aliphatic carbocycles. The highest BCUT2D eigenvalue weighted by Gasteiger charge is 2.26. The molecular formula is C16H23NO. The lowest BCUT2D eigenvalue weighted by atomic mass is 9.96. The third-order valence-corrected chi connectivity index (χ3v) is 4.09. The van der Waals surface area contributed by atoms with Crippen LogP contribution in [0, 0.1) is 13.8 Å². The number of aryl methyl sites for hydroxylation is 2. The Morgan fingerprint density at radius 1 is 1.28 bits per heavy atom. The minimum absolute atomic E-state index is 0.137. The van der Waals surface area contributed by atoms with Gasteiger partial charge in [0.2, 0.25) is 0 Å². The van der Waals surface area contributed by atoms with Gasteiger partial charge < -0.3 is 0 Å². The molecule has 1 unspecified atom stereocenters. The van der Waals surface area contributed by atoms with Crippen molar-refractivity contribution in [3.05, 3.63) is 34.9 Å². The second-order valence-electron chi connectivity index (χ2n) is 5.46. The first-order chi connectivity index (χ1) is 8.59. The van der Waals surface area contributed by atoms with Crippen LogP contribution in [-0.4, -0.2) is 23.3 Å². The highest BCUT2D eigenvalue weighted by molar-refractivity contribution is 5.81. The normalized spacial score (nSPS) is 20.9. The Bertz CT molecular complexity index is 418. The minimum atomic E-state index is 0.137. The van der Waals surface area contributed by atoms with Crippen LogP contribution >= 0.6 is 0 Å². The van der Waals surface area contributed by atoms with Crippen molar-refractivity contribution < 1.29 is 4.79 Å². The predicted molar refractivity (Wildman–Crippen MR) is 74.6 cm³/mol. The van der Waals surface area contributed by atoms with Crippen LogP contribution in [0.1, 0.15) is 42.9 Å². The Hall–Kier alpha value is -1.15. The zero-order valence-corrected chi connectivity index (χ0v) is 11.7. The molecule has 1 aliphatic heterocycles. The van der Waals surface area contributed by atoms with Gasteiger partial charge in [-0.25, -0.2) is 0 Å². The smallest absolute Gasteiger partial charge is 0.146 e. The van der Waals surface area contributed by atoms with E-state index in [4.69, 9.17) is 0 Å². The molecule has 0 amide bonds. The monoisotopic (exact) mass is 245 g/mol. The molecule has 1 atom stereocenters. The summed E-state index contributed by atoms with van der Waals surface area (Å²) in [5, 5.41) is 0. The quantitative estimate of drug-likeness (QED) is 0.814. The molecule has 1 aromatic rings. The predicted octanol–water partition coefficient (Wildman–Crippen LogP) is 3.25. The molecule has 0 N–H and O–H groups in total. The number of nitrogens with zero attached hydrogens (tertiary/aromatic N) is 1. The lowest BCUT2D eigenvalue weighted by Gasteiger charge is -2.34. The van der Waals surface area contributed by atoms with Crippen LogP contribution in [0.25, 0.3) is 0 Å². The number of ketones is 1. The maximum atomic E-state index is 11.7. The summed E-state index contributed by atoms with van der Waals surface area (Å²) in [7, 11) is 0. The van der Waals surface area contributed by atoms with Gasteiger partial charge in [-0.2, -0.15) is 0 Å². The van der Waals surface area contributed by atoms with E-state index in [2.05, 4.69) is 36.9 Å². The van der Waals surface area contributed by atoms with E-state index in [1.165, 1.54) is 29.5 Å². The van der Waals surface area contributed by atoms with Gasteiger partial charge in [-0.15, -0.1) is 0 Å². The molecule has 2 rings (SSSR count). The molecule has 98 valence electrons. The van der Waals surface area contributed by atoms with E-state index in [9.17, 15) is 4.79 Å². The fourth-order valence-corrected chi connectivity index (χ4v) is 2.94. The lowest BCUT2D eigenvalue weighted by molar-refractivity contribution is -0.123.